The number of piperidine rings is 1. The molecule has 110 valence electrons. The molecule has 3 heterocycles. The van der Waals surface area contributed by atoms with E-state index in [-0.39, 0.29) is 5.06 Å². The van der Waals surface area contributed by atoms with Gasteiger partial charge in [0.1, 0.15) is 6.67 Å². The number of hydrogen-bond acceptors (Lipinski definition) is 6. The minimum Gasteiger partial charge on any atom is -0.627 e. The Morgan fingerprint density at radius 3 is 3.05 bits per heavy atom. The maximum atomic E-state index is 11.8. The monoisotopic (exact) mass is 278 g/mol. The minimum absolute atomic E-state index is 0.0488. The quantitative estimate of drug-likeness (QED) is 0.641. The molecule has 20 heavy (non-hydrogen) atoms. The van der Waals surface area contributed by atoms with Crippen molar-refractivity contribution in [2.24, 2.45) is 0 Å². The first kappa shape index (κ1) is 13.7. The summed E-state index contributed by atoms with van der Waals surface area (Å²) in [6.45, 7) is 5.27. The number of hydroxylamine groups is 1. The average molecular weight is 278 g/mol. The summed E-state index contributed by atoms with van der Waals surface area (Å²) >= 11 is 0. The van der Waals surface area contributed by atoms with E-state index in [2.05, 4.69) is 25.5 Å². The Bertz CT molecular complexity index is 448. The average Bonchev–Trinajstić information content (AvgIpc) is 2.49. The number of quaternary nitrogens is 1. The van der Waals surface area contributed by atoms with Gasteiger partial charge < -0.3 is 20.5 Å². The summed E-state index contributed by atoms with van der Waals surface area (Å²) in [5.41, 5.74) is 0.892. The van der Waals surface area contributed by atoms with Crippen molar-refractivity contribution in [3.05, 3.63) is 17.0 Å². The zero-order valence-electron chi connectivity index (χ0n) is 11.7. The van der Waals surface area contributed by atoms with Gasteiger partial charge in [-0.15, -0.1) is 0 Å². The Balaban J connectivity index is 1.53. The highest BCUT2D eigenvalue weighted by Gasteiger charge is 2.18. The molecule has 0 aromatic carbocycles. The molecule has 1 unspecified atom stereocenters. The fraction of sp³-hybridized carbons (Fsp3) is 0.692. The summed E-state index contributed by atoms with van der Waals surface area (Å²) < 4.78 is 0. The third kappa shape index (κ3) is 3.24. The van der Waals surface area contributed by atoms with Crippen LogP contribution in [0, 0.1) is 5.21 Å². The fourth-order valence-electron chi connectivity index (χ4n) is 2.77. The van der Waals surface area contributed by atoms with Crippen molar-refractivity contribution in [1.82, 2.24) is 20.2 Å². The van der Waals surface area contributed by atoms with Gasteiger partial charge >= 0.3 is 0 Å². The van der Waals surface area contributed by atoms with Crippen molar-refractivity contribution in [3.63, 3.8) is 0 Å². The molecule has 7 nitrogen and oxygen atoms in total. The molecule has 0 spiro atoms. The van der Waals surface area contributed by atoms with Crippen LogP contribution in [0.4, 0.5) is 11.8 Å². The number of nitrogens with one attached hydrogen (secondary N) is 3. The smallest absolute Gasteiger partial charge is 0.236 e. The molecule has 2 aliphatic rings. The molecule has 1 fully saturated rings. The van der Waals surface area contributed by atoms with Crippen LogP contribution in [0.3, 0.4) is 0 Å². The van der Waals surface area contributed by atoms with Crippen molar-refractivity contribution in [2.75, 3.05) is 38.2 Å². The maximum Gasteiger partial charge on any atom is 0.236 e. The van der Waals surface area contributed by atoms with Crippen LogP contribution in [0.5, 0.6) is 0 Å². The lowest BCUT2D eigenvalue weighted by atomic mass is 10.1. The lowest BCUT2D eigenvalue weighted by Crippen LogP contribution is -3.05. The van der Waals surface area contributed by atoms with Gasteiger partial charge in [0.05, 0.1) is 5.56 Å². The number of hydrogen-bond donors (Lipinski definition) is 3. The van der Waals surface area contributed by atoms with Gasteiger partial charge in [0, 0.05) is 25.8 Å². The minimum atomic E-state index is 0.0488. The van der Waals surface area contributed by atoms with Gasteiger partial charge in [0.2, 0.25) is 11.8 Å². The fourth-order valence-corrected chi connectivity index (χ4v) is 2.77. The molecule has 2 aliphatic heterocycles. The predicted octanol–water partition coefficient (Wildman–Crippen LogP) is -0.551. The van der Waals surface area contributed by atoms with Crippen LogP contribution in [-0.4, -0.2) is 47.7 Å². The summed E-state index contributed by atoms with van der Waals surface area (Å²) in [6.07, 6.45) is 5.71. The number of nitrogens with zero attached hydrogens (tertiary/aromatic N) is 3. The standard InChI is InChI=1S/C13H22N6O/c20-19-10-14-8-11-9-16-13(17-12(11)19)15-4-7-18-5-2-1-3-6-18/h9,14,19H,1-8,10H2,(H,15,16,17). The van der Waals surface area contributed by atoms with E-state index in [9.17, 15) is 5.21 Å². The van der Waals surface area contributed by atoms with Gasteiger partial charge in [0.25, 0.3) is 0 Å². The van der Waals surface area contributed by atoms with Crippen molar-refractivity contribution in [2.45, 2.75) is 25.8 Å². The summed E-state index contributed by atoms with van der Waals surface area (Å²) in [5.74, 6) is 1.13. The summed E-state index contributed by atoms with van der Waals surface area (Å²) in [7, 11) is 0. The van der Waals surface area contributed by atoms with Gasteiger partial charge in [0.15, 0.2) is 0 Å². The molecule has 0 saturated carbocycles. The third-order valence-electron chi connectivity index (χ3n) is 3.89. The van der Waals surface area contributed by atoms with Crippen LogP contribution in [0.15, 0.2) is 6.20 Å². The number of likely N-dealkylation sites (tertiary alicyclic amines) is 1. The van der Waals surface area contributed by atoms with Gasteiger partial charge in [-0.3, -0.25) is 5.32 Å². The van der Waals surface area contributed by atoms with Crippen LogP contribution >= 0.6 is 0 Å². The maximum absolute atomic E-state index is 11.8. The Hall–Kier alpha value is -1.28. The van der Waals surface area contributed by atoms with Crippen LogP contribution in [0.1, 0.15) is 24.8 Å². The zero-order valence-corrected chi connectivity index (χ0v) is 11.7. The number of anilines is 1. The summed E-state index contributed by atoms with van der Waals surface area (Å²) in [6, 6.07) is 0. The molecule has 7 heteroatoms. The first-order valence-corrected chi connectivity index (χ1v) is 7.39. The van der Waals surface area contributed by atoms with Crippen LogP contribution < -0.4 is 15.7 Å². The lowest BCUT2D eigenvalue weighted by molar-refractivity contribution is -0.786. The number of fused-ring (bicyclic) bond motifs is 1. The highest BCUT2D eigenvalue weighted by Crippen LogP contribution is 2.12. The van der Waals surface area contributed by atoms with E-state index in [1.807, 2.05) is 0 Å². The molecule has 0 bridgehead atoms. The van der Waals surface area contributed by atoms with E-state index < -0.39 is 0 Å². The molecule has 0 radical (unpaired) electrons. The Kier molecular flexibility index (Phi) is 4.41. The molecule has 1 saturated heterocycles. The van der Waals surface area contributed by atoms with E-state index in [1.165, 1.54) is 32.4 Å². The molecular weight excluding hydrogens is 256 g/mol. The molecule has 0 aliphatic carbocycles. The van der Waals surface area contributed by atoms with Crippen molar-refractivity contribution in [1.29, 1.82) is 0 Å². The Morgan fingerprint density at radius 1 is 1.35 bits per heavy atom. The first-order valence-electron chi connectivity index (χ1n) is 7.39. The molecule has 3 rings (SSSR count). The number of rotatable bonds is 4. The molecule has 1 aromatic rings. The number of aromatic nitrogens is 2. The molecule has 0 amide bonds. The van der Waals surface area contributed by atoms with E-state index in [4.69, 9.17) is 0 Å². The lowest BCUT2D eigenvalue weighted by Gasteiger charge is -2.28. The van der Waals surface area contributed by atoms with Gasteiger partial charge in [-0.2, -0.15) is 4.98 Å². The van der Waals surface area contributed by atoms with E-state index in [0.29, 0.717) is 25.0 Å². The van der Waals surface area contributed by atoms with Crippen LogP contribution in [0.25, 0.3) is 0 Å². The second kappa shape index (κ2) is 6.45. The Labute approximate surface area is 119 Å². The Morgan fingerprint density at radius 2 is 2.20 bits per heavy atom. The second-order valence-electron chi connectivity index (χ2n) is 5.42. The molecular formula is C13H22N6O. The van der Waals surface area contributed by atoms with Crippen molar-refractivity contribution < 1.29 is 5.06 Å². The molecule has 1 aromatic heterocycles. The van der Waals surface area contributed by atoms with Crippen LogP contribution in [-0.2, 0) is 6.54 Å². The highest BCUT2D eigenvalue weighted by atomic mass is 16.5. The van der Waals surface area contributed by atoms with Crippen molar-refractivity contribution in [3.8, 4) is 0 Å². The van der Waals surface area contributed by atoms with E-state index in [1.54, 1.807) is 6.20 Å². The first-order chi connectivity index (χ1) is 9.83. The predicted molar refractivity (Wildman–Crippen MR) is 76.5 cm³/mol. The van der Waals surface area contributed by atoms with Crippen LogP contribution in [0.2, 0.25) is 0 Å². The molecule has 1 atom stereocenters. The highest BCUT2D eigenvalue weighted by molar-refractivity contribution is 5.38. The van der Waals surface area contributed by atoms with Crippen molar-refractivity contribution >= 4 is 11.8 Å². The third-order valence-corrected chi connectivity index (χ3v) is 3.89. The summed E-state index contributed by atoms with van der Waals surface area (Å²) in [5, 5.41) is 18.1. The second-order valence-corrected chi connectivity index (χ2v) is 5.42. The normalized spacial score (nSPS) is 23.4. The van der Waals surface area contributed by atoms with Gasteiger partial charge in [-0.25, -0.2) is 4.98 Å². The van der Waals surface area contributed by atoms with E-state index >= 15 is 0 Å². The molecule has 3 N–H and O–H groups in total. The zero-order chi connectivity index (χ0) is 13.8. The largest absolute Gasteiger partial charge is 0.627 e. The van der Waals surface area contributed by atoms with E-state index in [0.717, 1.165) is 18.7 Å². The SMILES string of the molecule is [O-][NH+]1CNCc2cnc(NCCN3CCCCC3)nc21. The summed E-state index contributed by atoms with van der Waals surface area (Å²) in [4.78, 5) is 11.1. The van der Waals surface area contributed by atoms with Gasteiger partial charge in [-0.1, -0.05) is 6.42 Å². The topological polar surface area (TPSA) is 80.6 Å². The van der Waals surface area contributed by atoms with Gasteiger partial charge in [-0.05, 0) is 25.9 Å².